The van der Waals surface area contributed by atoms with Crippen molar-refractivity contribution in [2.45, 2.75) is 11.8 Å². The van der Waals surface area contributed by atoms with E-state index < -0.39 is 0 Å². The number of benzene rings is 2. The van der Waals surface area contributed by atoms with Gasteiger partial charge in [-0.05, 0) is 55.3 Å². The van der Waals surface area contributed by atoms with Gasteiger partial charge in [0, 0.05) is 15.6 Å². The second-order valence-electron chi connectivity index (χ2n) is 4.19. The van der Waals surface area contributed by atoms with Gasteiger partial charge in [-0.25, -0.2) is 4.98 Å². The third-order valence-corrected chi connectivity index (χ3v) is 5.18. The van der Waals surface area contributed by atoms with Crippen LogP contribution in [0.4, 0.5) is 5.69 Å². The van der Waals surface area contributed by atoms with E-state index in [1.54, 1.807) is 17.4 Å². The number of anilines is 1. The number of thiazole rings is 1. The monoisotopic (exact) mass is 340 g/mol. The average Bonchev–Trinajstić information content (AvgIpc) is 2.77. The Labute approximate surface area is 135 Å². The molecular weight excluding hydrogens is 331 g/mol. The third-order valence-electron chi connectivity index (χ3n) is 2.67. The number of rotatable bonds is 3. The Kier molecular flexibility index (Phi) is 4.08. The van der Waals surface area contributed by atoms with Gasteiger partial charge in [-0.2, -0.15) is 0 Å². The maximum absolute atomic E-state index is 6.14. The van der Waals surface area contributed by atoms with Crippen LogP contribution in [0.5, 0.6) is 0 Å². The highest BCUT2D eigenvalue weighted by Gasteiger charge is 2.04. The van der Waals surface area contributed by atoms with Crippen LogP contribution in [0.2, 0.25) is 10.0 Å². The highest BCUT2D eigenvalue weighted by molar-refractivity contribution is 8.00. The zero-order valence-electron chi connectivity index (χ0n) is 10.5. The highest BCUT2D eigenvalue weighted by atomic mass is 35.5. The molecule has 1 N–H and O–H groups in total. The normalized spacial score (nSPS) is 10.9. The molecule has 2 nitrogen and oxygen atoms in total. The van der Waals surface area contributed by atoms with E-state index in [0.717, 1.165) is 21.1 Å². The average molecular weight is 341 g/mol. The molecule has 1 aromatic heterocycles. The molecule has 0 saturated heterocycles. The van der Waals surface area contributed by atoms with Gasteiger partial charge in [-0.1, -0.05) is 23.2 Å². The summed E-state index contributed by atoms with van der Waals surface area (Å²) in [7, 11) is 0. The lowest BCUT2D eigenvalue weighted by molar-refractivity contribution is 1.35. The maximum Gasteiger partial charge on any atom is 0.0907 e. The van der Waals surface area contributed by atoms with Gasteiger partial charge in [-0.15, -0.1) is 11.3 Å². The number of nitrogens with one attached hydrogen (secondary N) is 1. The van der Waals surface area contributed by atoms with Crippen LogP contribution in [0, 0.1) is 6.92 Å². The zero-order chi connectivity index (χ0) is 14.1. The fraction of sp³-hybridized carbons (Fsp3) is 0.0714. The van der Waals surface area contributed by atoms with Crippen molar-refractivity contribution in [2.24, 2.45) is 0 Å². The maximum atomic E-state index is 6.14. The van der Waals surface area contributed by atoms with Gasteiger partial charge in [0.05, 0.1) is 20.2 Å². The molecule has 2 aromatic carbocycles. The summed E-state index contributed by atoms with van der Waals surface area (Å²) in [5.74, 6) is 0. The van der Waals surface area contributed by atoms with Crippen molar-refractivity contribution < 1.29 is 0 Å². The van der Waals surface area contributed by atoms with Gasteiger partial charge in [0.2, 0.25) is 0 Å². The van der Waals surface area contributed by atoms with E-state index in [4.69, 9.17) is 23.2 Å². The largest absolute Gasteiger partial charge is 0.326 e. The smallest absolute Gasteiger partial charge is 0.0907 e. The molecule has 1 heterocycles. The van der Waals surface area contributed by atoms with Crippen molar-refractivity contribution in [1.29, 1.82) is 0 Å². The van der Waals surface area contributed by atoms with Crippen LogP contribution in [-0.4, -0.2) is 4.98 Å². The third kappa shape index (κ3) is 3.04. The second kappa shape index (κ2) is 5.82. The zero-order valence-corrected chi connectivity index (χ0v) is 13.6. The van der Waals surface area contributed by atoms with Gasteiger partial charge < -0.3 is 4.72 Å². The summed E-state index contributed by atoms with van der Waals surface area (Å²) < 4.78 is 4.47. The van der Waals surface area contributed by atoms with Crippen molar-refractivity contribution in [3.63, 3.8) is 0 Å². The van der Waals surface area contributed by atoms with Gasteiger partial charge in [0.15, 0.2) is 0 Å². The molecule has 0 saturated carbocycles. The van der Waals surface area contributed by atoms with Gasteiger partial charge in [0.25, 0.3) is 0 Å². The standard InChI is InChI=1S/C14H10Cl2N2S2/c1-8-17-12-4-3-10(7-14(12)19-8)18-20-13-5-2-9(15)6-11(13)16/h2-7,18H,1H3. The summed E-state index contributed by atoms with van der Waals surface area (Å²) in [6, 6.07) is 11.6. The minimum absolute atomic E-state index is 0.640. The SMILES string of the molecule is Cc1nc2ccc(NSc3ccc(Cl)cc3Cl)cc2s1. The van der Waals surface area contributed by atoms with Crippen LogP contribution in [-0.2, 0) is 0 Å². The molecule has 0 fully saturated rings. The Bertz CT molecular complexity index is 771. The van der Waals surface area contributed by atoms with Gasteiger partial charge >= 0.3 is 0 Å². The Morgan fingerprint density at radius 1 is 1.15 bits per heavy atom. The molecule has 0 radical (unpaired) electrons. The van der Waals surface area contributed by atoms with Crippen molar-refractivity contribution >= 4 is 62.4 Å². The molecule has 0 aliphatic rings. The number of fused-ring (bicyclic) bond motifs is 1. The minimum atomic E-state index is 0.640. The first kappa shape index (κ1) is 14.0. The lowest BCUT2D eigenvalue weighted by Crippen LogP contribution is -1.87. The minimum Gasteiger partial charge on any atom is -0.326 e. The predicted molar refractivity (Wildman–Crippen MR) is 90.3 cm³/mol. The Morgan fingerprint density at radius 2 is 2.00 bits per heavy atom. The van der Waals surface area contributed by atoms with E-state index >= 15 is 0 Å². The van der Waals surface area contributed by atoms with E-state index in [-0.39, 0.29) is 0 Å². The number of hydrogen-bond donors (Lipinski definition) is 1. The molecule has 0 spiro atoms. The van der Waals surface area contributed by atoms with Crippen LogP contribution in [0.3, 0.4) is 0 Å². The first-order chi connectivity index (χ1) is 9.61. The number of halogens is 2. The van der Waals surface area contributed by atoms with Crippen molar-refractivity contribution in [2.75, 3.05) is 4.72 Å². The number of hydrogen-bond acceptors (Lipinski definition) is 4. The lowest BCUT2D eigenvalue weighted by Gasteiger charge is -2.07. The van der Waals surface area contributed by atoms with E-state index in [0.29, 0.717) is 10.0 Å². The summed E-state index contributed by atoms with van der Waals surface area (Å²) in [5, 5.41) is 2.36. The van der Waals surface area contributed by atoms with Crippen molar-refractivity contribution in [1.82, 2.24) is 4.98 Å². The summed E-state index contributed by atoms with van der Waals surface area (Å²) in [6.07, 6.45) is 0. The van der Waals surface area contributed by atoms with Gasteiger partial charge in [0.1, 0.15) is 0 Å². The molecule has 3 aromatic rings. The van der Waals surface area contributed by atoms with E-state index in [1.165, 1.54) is 16.6 Å². The summed E-state index contributed by atoms with van der Waals surface area (Å²) in [4.78, 5) is 5.39. The molecule has 20 heavy (non-hydrogen) atoms. The second-order valence-corrected chi connectivity index (χ2v) is 7.12. The highest BCUT2D eigenvalue weighted by Crippen LogP contribution is 2.32. The summed E-state index contributed by atoms with van der Waals surface area (Å²) in [5.41, 5.74) is 2.06. The van der Waals surface area contributed by atoms with Crippen molar-refractivity contribution in [3.8, 4) is 0 Å². The quantitative estimate of drug-likeness (QED) is 0.589. The molecule has 0 aliphatic carbocycles. The topological polar surface area (TPSA) is 24.9 Å². The molecule has 3 rings (SSSR count). The number of nitrogens with zero attached hydrogens (tertiary/aromatic N) is 1. The molecule has 0 amide bonds. The Hall–Kier alpha value is -0.940. The van der Waals surface area contributed by atoms with Crippen LogP contribution in [0.15, 0.2) is 41.3 Å². The lowest BCUT2D eigenvalue weighted by atomic mass is 10.3. The van der Waals surface area contributed by atoms with Gasteiger partial charge in [-0.3, -0.25) is 0 Å². The summed E-state index contributed by atoms with van der Waals surface area (Å²) >= 11 is 15.2. The molecule has 102 valence electrons. The summed E-state index contributed by atoms with van der Waals surface area (Å²) in [6.45, 7) is 2.01. The van der Waals surface area contributed by atoms with Crippen LogP contribution in [0.25, 0.3) is 10.2 Å². The van der Waals surface area contributed by atoms with Crippen molar-refractivity contribution in [3.05, 3.63) is 51.5 Å². The number of aryl methyl sites for hydroxylation is 1. The molecule has 0 aliphatic heterocycles. The van der Waals surface area contributed by atoms with Crippen LogP contribution < -0.4 is 4.72 Å². The molecule has 0 atom stereocenters. The molecule has 6 heteroatoms. The molecule has 0 unspecified atom stereocenters. The van der Waals surface area contributed by atoms with E-state index in [2.05, 4.69) is 15.8 Å². The Morgan fingerprint density at radius 3 is 2.80 bits per heavy atom. The van der Waals surface area contributed by atoms with E-state index in [9.17, 15) is 0 Å². The fourth-order valence-electron chi connectivity index (χ4n) is 1.78. The number of aromatic nitrogens is 1. The first-order valence-corrected chi connectivity index (χ1v) is 8.26. The van der Waals surface area contributed by atoms with Crippen LogP contribution in [0.1, 0.15) is 5.01 Å². The predicted octanol–water partition coefficient (Wildman–Crippen LogP) is 6.03. The van der Waals surface area contributed by atoms with E-state index in [1.807, 2.05) is 31.2 Å². The Balaban J connectivity index is 1.79. The van der Waals surface area contributed by atoms with Crippen LogP contribution >= 0.6 is 46.5 Å². The molecule has 0 bridgehead atoms. The fourth-order valence-corrected chi connectivity index (χ4v) is 3.81. The molecular formula is C14H10Cl2N2S2. The first-order valence-electron chi connectivity index (χ1n) is 5.87.